The van der Waals surface area contributed by atoms with E-state index in [1.807, 2.05) is 0 Å². The third-order valence-electron chi connectivity index (χ3n) is 4.34. The Balaban J connectivity index is 1.73. The zero-order valence-electron chi connectivity index (χ0n) is 12.1. The first-order chi connectivity index (χ1) is 10.1. The summed E-state index contributed by atoms with van der Waals surface area (Å²) >= 11 is 0. The van der Waals surface area contributed by atoms with Gasteiger partial charge in [-0.3, -0.25) is 10.1 Å². The van der Waals surface area contributed by atoms with Crippen molar-refractivity contribution in [3.8, 4) is 0 Å². The monoisotopic (exact) mass is 294 g/mol. The van der Waals surface area contributed by atoms with Crippen molar-refractivity contribution in [1.82, 2.24) is 10.2 Å². The number of halogens is 2. The second kappa shape index (κ2) is 5.72. The lowest BCUT2D eigenvalue weighted by molar-refractivity contribution is -0.129. The fourth-order valence-corrected chi connectivity index (χ4v) is 2.93. The molecule has 5 heteroatoms. The fourth-order valence-electron chi connectivity index (χ4n) is 2.93. The molecule has 1 heterocycles. The molecule has 1 saturated carbocycles. The van der Waals surface area contributed by atoms with Crippen LogP contribution in [0.15, 0.2) is 18.2 Å². The highest BCUT2D eigenvalue weighted by Gasteiger charge is 2.37. The zero-order chi connectivity index (χ0) is 15.0. The van der Waals surface area contributed by atoms with Crippen LogP contribution >= 0.6 is 0 Å². The van der Waals surface area contributed by atoms with E-state index in [1.165, 1.54) is 25.0 Å². The van der Waals surface area contributed by atoms with Crippen molar-refractivity contribution in [3.63, 3.8) is 0 Å². The van der Waals surface area contributed by atoms with E-state index in [-0.39, 0.29) is 18.1 Å². The maximum absolute atomic E-state index is 13.4. The van der Waals surface area contributed by atoms with Crippen LogP contribution in [0.3, 0.4) is 0 Å². The van der Waals surface area contributed by atoms with Crippen molar-refractivity contribution >= 4 is 5.91 Å². The van der Waals surface area contributed by atoms with E-state index in [9.17, 15) is 13.6 Å². The van der Waals surface area contributed by atoms with Crippen molar-refractivity contribution in [2.45, 2.75) is 44.8 Å². The summed E-state index contributed by atoms with van der Waals surface area (Å²) < 4.78 is 26.5. The van der Waals surface area contributed by atoms with Gasteiger partial charge in [0.15, 0.2) is 11.6 Å². The first kappa shape index (κ1) is 14.4. The molecular formula is C16H20F2N2O. The van der Waals surface area contributed by atoms with Gasteiger partial charge in [0.25, 0.3) is 0 Å². The highest BCUT2D eigenvalue weighted by atomic mass is 19.2. The molecule has 1 aromatic carbocycles. The van der Waals surface area contributed by atoms with Gasteiger partial charge >= 0.3 is 0 Å². The number of carbonyl (C=O) groups excluding carboxylic acids is 1. The topological polar surface area (TPSA) is 32.3 Å². The minimum Gasteiger partial charge on any atom is -0.322 e. The van der Waals surface area contributed by atoms with E-state index < -0.39 is 11.6 Å². The molecule has 0 spiro atoms. The molecule has 1 amide bonds. The van der Waals surface area contributed by atoms with Gasteiger partial charge in [0, 0.05) is 6.54 Å². The van der Waals surface area contributed by atoms with Crippen LogP contribution in [0.4, 0.5) is 8.78 Å². The van der Waals surface area contributed by atoms with Crippen LogP contribution in [0.25, 0.3) is 0 Å². The molecule has 0 radical (unpaired) electrons. The van der Waals surface area contributed by atoms with E-state index in [0.29, 0.717) is 12.1 Å². The van der Waals surface area contributed by atoms with E-state index in [4.69, 9.17) is 0 Å². The number of hydrogen-bond donors (Lipinski definition) is 1. The van der Waals surface area contributed by atoms with Crippen LogP contribution in [0.2, 0.25) is 0 Å². The quantitative estimate of drug-likeness (QED) is 0.905. The Morgan fingerprint density at radius 1 is 1.29 bits per heavy atom. The average Bonchev–Trinajstić information content (AvgIpc) is 3.23. The molecule has 2 unspecified atom stereocenters. The van der Waals surface area contributed by atoms with E-state index >= 15 is 0 Å². The summed E-state index contributed by atoms with van der Waals surface area (Å²) in [5.41, 5.74) is 0.595. The smallest absolute Gasteiger partial charge is 0.241 e. The summed E-state index contributed by atoms with van der Waals surface area (Å²) in [7, 11) is 0. The van der Waals surface area contributed by atoms with Crippen molar-refractivity contribution in [2.24, 2.45) is 5.92 Å². The normalized spacial score (nSPS) is 25.7. The molecule has 0 aromatic heterocycles. The highest BCUT2D eigenvalue weighted by molar-refractivity contribution is 5.84. The maximum Gasteiger partial charge on any atom is 0.241 e. The molecule has 3 nitrogen and oxygen atoms in total. The minimum atomic E-state index is -0.876. The van der Waals surface area contributed by atoms with Crippen molar-refractivity contribution in [3.05, 3.63) is 35.4 Å². The second-order valence-electron chi connectivity index (χ2n) is 6.08. The number of nitrogens with zero attached hydrogens (tertiary/aromatic N) is 1. The molecule has 21 heavy (non-hydrogen) atoms. The number of hydrogen-bond acceptors (Lipinski definition) is 2. The Labute approximate surface area is 123 Å². The van der Waals surface area contributed by atoms with Crippen LogP contribution in [0.1, 0.15) is 44.3 Å². The largest absolute Gasteiger partial charge is 0.322 e. The standard InChI is InChI=1S/C16H20F2N2O/c1-10-16(21)20(8-2-3-11-4-5-11)15(19-10)12-6-7-13(17)14(18)9-12/h6-7,9-11,15,19H,2-5,8H2,1H3. The lowest BCUT2D eigenvalue weighted by Gasteiger charge is -2.24. The highest BCUT2D eigenvalue weighted by Crippen LogP contribution is 2.34. The summed E-state index contributed by atoms with van der Waals surface area (Å²) in [6.07, 6.45) is 4.35. The van der Waals surface area contributed by atoms with Crippen LogP contribution in [-0.2, 0) is 4.79 Å². The molecule has 114 valence electrons. The molecule has 2 atom stereocenters. The third-order valence-corrected chi connectivity index (χ3v) is 4.34. The van der Waals surface area contributed by atoms with Gasteiger partial charge in [0.1, 0.15) is 6.17 Å². The van der Waals surface area contributed by atoms with Crippen LogP contribution in [-0.4, -0.2) is 23.4 Å². The Hall–Kier alpha value is -1.49. The summed E-state index contributed by atoms with van der Waals surface area (Å²) in [5, 5.41) is 3.16. The average molecular weight is 294 g/mol. The Morgan fingerprint density at radius 2 is 2.05 bits per heavy atom. The predicted molar refractivity (Wildman–Crippen MR) is 75.4 cm³/mol. The Morgan fingerprint density at radius 3 is 2.71 bits per heavy atom. The maximum atomic E-state index is 13.4. The van der Waals surface area contributed by atoms with Gasteiger partial charge in [-0.05, 0) is 43.4 Å². The molecule has 1 N–H and O–H groups in total. The molecule has 1 saturated heterocycles. The van der Waals surface area contributed by atoms with Crippen LogP contribution in [0, 0.1) is 17.6 Å². The lowest BCUT2D eigenvalue weighted by Crippen LogP contribution is -2.31. The number of rotatable bonds is 5. The molecule has 2 fully saturated rings. The van der Waals surface area contributed by atoms with Crippen LogP contribution in [0.5, 0.6) is 0 Å². The summed E-state index contributed by atoms with van der Waals surface area (Å²) in [4.78, 5) is 14.0. The van der Waals surface area contributed by atoms with Crippen molar-refractivity contribution in [1.29, 1.82) is 0 Å². The SMILES string of the molecule is CC1NC(c2ccc(F)c(F)c2)N(CCCC2CC2)C1=O. The van der Waals surface area contributed by atoms with Gasteiger partial charge in [-0.15, -0.1) is 0 Å². The molecule has 3 rings (SSSR count). The molecule has 1 aliphatic carbocycles. The number of benzene rings is 1. The molecule has 2 aliphatic rings. The Kier molecular flexibility index (Phi) is 3.93. The predicted octanol–water partition coefficient (Wildman–Crippen LogP) is 2.97. The van der Waals surface area contributed by atoms with Gasteiger partial charge < -0.3 is 4.90 Å². The van der Waals surface area contributed by atoms with Gasteiger partial charge in [-0.25, -0.2) is 8.78 Å². The van der Waals surface area contributed by atoms with Crippen molar-refractivity contribution < 1.29 is 13.6 Å². The Bertz CT molecular complexity index is 545. The van der Waals surface area contributed by atoms with E-state index in [0.717, 1.165) is 24.8 Å². The molecular weight excluding hydrogens is 274 g/mol. The van der Waals surface area contributed by atoms with Gasteiger partial charge in [0.05, 0.1) is 6.04 Å². The summed E-state index contributed by atoms with van der Waals surface area (Å²) in [6, 6.07) is 3.54. The van der Waals surface area contributed by atoms with Gasteiger partial charge in [-0.2, -0.15) is 0 Å². The van der Waals surface area contributed by atoms with E-state index in [2.05, 4.69) is 5.32 Å². The zero-order valence-corrected chi connectivity index (χ0v) is 12.1. The number of carbonyl (C=O) groups is 1. The summed E-state index contributed by atoms with van der Waals surface area (Å²) in [6.45, 7) is 2.46. The van der Waals surface area contributed by atoms with Crippen molar-refractivity contribution in [2.75, 3.05) is 6.54 Å². The third kappa shape index (κ3) is 3.07. The minimum absolute atomic E-state index is 0.0283. The molecule has 1 aromatic rings. The lowest BCUT2D eigenvalue weighted by atomic mass is 10.1. The summed E-state index contributed by atoms with van der Waals surface area (Å²) in [5.74, 6) is -0.883. The van der Waals surface area contributed by atoms with E-state index in [1.54, 1.807) is 11.8 Å². The number of nitrogens with one attached hydrogen (secondary N) is 1. The van der Waals surface area contributed by atoms with Gasteiger partial charge in [0.2, 0.25) is 5.91 Å². The number of amides is 1. The van der Waals surface area contributed by atoms with Gasteiger partial charge in [-0.1, -0.05) is 18.9 Å². The van der Waals surface area contributed by atoms with Crippen LogP contribution < -0.4 is 5.32 Å². The fraction of sp³-hybridized carbons (Fsp3) is 0.562. The molecule has 0 bridgehead atoms. The molecule has 1 aliphatic heterocycles. The first-order valence-electron chi connectivity index (χ1n) is 7.57. The second-order valence-corrected chi connectivity index (χ2v) is 6.08. The first-order valence-corrected chi connectivity index (χ1v) is 7.57.